The van der Waals surface area contributed by atoms with E-state index in [2.05, 4.69) is 5.32 Å². The lowest BCUT2D eigenvalue weighted by molar-refractivity contribution is -0.133. The van der Waals surface area contributed by atoms with Gasteiger partial charge in [-0.15, -0.1) is 0 Å². The van der Waals surface area contributed by atoms with Gasteiger partial charge in [-0.05, 0) is 44.6 Å². The fourth-order valence-corrected chi connectivity index (χ4v) is 3.14. The Labute approximate surface area is 114 Å². The van der Waals surface area contributed by atoms with Crippen LogP contribution in [0.25, 0.3) is 0 Å². The molecular weight excluding hydrogens is 242 g/mol. The second kappa shape index (κ2) is 6.89. The van der Waals surface area contributed by atoms with Gasteiger partial charge in [0.05, 0.1) is 0 Å². The Morgan fingerprint density at radius 2 is 2.11 bits per heavy atom. The predicted octanol–water partition coefficient (Wildman–Crippen LogP) is 0.633. The Bertz CT molecular complexity index is 327. The average molecular weight is 267 g/mol. The van der Waals surface area contributed by atoms with Crippen LogP contribution < -0.4 is 11.1 Å². The van der Waals surface area contributed by atoms with Crippen molar-refractivity contribution in [2.45, 2.75) is 51.0 Å². The van der Waals surface area contributed by atoms with E-state index in [1.54, 1.807) is 0 Å². The molecule has 0 spiro atoms. The normalized spacial score (nSPS) is 27.5. The maximum Gasteiger partial charge on any atom is 0.224 e. The molecule has 2 fully saturated rings. The van der Waals surface area contributed by atoms with Crippen LogP contribution in [-0.2, 0) is 9.59 Å². The van der Waals surface area contributed by atoms with Gasteiger partial charge in [0.15, 0.2) is 0 Å². The zero-order valence-electron chi connectivity index (χ0n) is 11.6. The number of nitrogens with one attached hydrogen (secondary N) is 1. The highest BCUT2D eigenvalue weighted by Gasteiger charge is 2.26. The van der Waals surface area contributed by atoms with Crippen molar-refractivity contribution in [1.82, 2.24) is 10.2 Å². The summed E-state index contributed by atoms with van der Waals surface area (Å²) in [6, 6.07) is 0.374. The summed E-state index contributed by atoms with van der Waals surface area (Å²) in [5.41, 5.74) is 5.19. The Morgan fingerprint density at radius 3 is 2.79 bits per heavy atom. The molecule has 2 atom stereocenters. The van der Waals surface area contributed by atoms with E-state index in [0.29, 0.717) is 24.8 Å². The summed E-state index contributed by atoms with van der Waals surface area (Å²) in [5.74, 6) is 0.475. The standard InChI is InChI=1S/C14H25N3O2/c15-13(18)6-5-11-3-2-8-17(10-11)14(19)9-12-4-1-7-16-12/h11-12,16H,1-10H2,(H2,15,18). The first-order valence-corrected chi connectivity index (χ1v) is 7.44. The van der Waals surface area contributed by atoms with Crippen LogP contribution in [0.15, 0.2) is 0 Å². The fraction of sp³-hybridized carbons (Fsp3) is 0.857. The molecule has 0 aromatic carbocycles. The minimum Gasteiger partial charge on any atom is -0.370 e. The summed E-state index contributed by atoms with van der Waals surface area (Å²) >= 11 is 0. The van der Waals surface area contributed by atoms with Crippen molar-refractivity contribution >= 4 is 11.8 Å². The minimum absolute atomic E-state index is 0.237. The molecule has 2 heterocycles. The third-order valence-electron chi connectivity index (χ3n) is 4.25. The summed E-state index contributed by atoms with van der Waals surface area (Å²) in [4.78, 5) is 25.0. The molecule has 5 nitrogen and oxygen atoms in total. The Kier molecular flexibility index (Phi) is 5.19. The molecule has 0 saturated carbocycles. The van der Waals surface area contributed by atoms with Crippen LogP contribution in [0.4, 0.5) is 0 Å². The van der Waals surface area contributed by atoms with Crippen molar-refractivity contribution < 1.29 is 9.59 Å². The third-order valence-corrected chi connectivity index (χ3v) is 4.25. The topological polar surface area (TPSA) is 75.4 Å². The second-order valence-corrected chi connectivity index (χ2v) is 5.85. The Balaban J connectivity index is 1.75. The number of carbonyl (C=O) groups excluding carboxylic acids is 2. The zero-order valence-corrected chi connectivity index (χ0v) is 11.6. The van der Waals surface area contributed by atoms with Gasteiger partial charge in [0.1, 0.15) is 0 Å². The first-order chi connectivity index (χ1) is 9.15. The minimum atomic E-state index is -0.237. The van der Waals surface area contributed by atoms with E-state index in [-0.39, 0.29) is 11.8 Å². The highest BCUT2D eigenvalue weighted by atomic mass is 16.2. The van der Waals surface area contributed by atoms with E-state index in [4.69, 9.17) is 5.73 Å². The van der Waals surface area contributed by atoms with Gasteiger partial charge in [-0.25, -0.2) is 0 Å². The van der Waals surface area contributed by atoms with Crippen molar-refractivity contribution in [3.63, 3.8) is 0 Å². The van der Waals surface area contributed by atoms with Gasteiger partial charge >= 0.3 is 0 Å². The highest BCUT2D eigenvalue weighted by molar-refractivity contribution is 5.77. The van der Waals surface area contributed by atoms with E-state index in [1.807, 2.05) is 4.90 Å². The van der Waals surface area contributed by atoms with Crippen LogP contribution in [0.5, 0.6) is 0 Å². The molecule has 2 saturated heterocycles. The molecule has 0 aliphatic carbocycles. The maximum atomic E-state index is 12.2. The van der Waals surface area contributed by atoms with Gasteiger partial charge in [0.25, 0.3) is 0 Å². The lowest BCUT2D eigenvalue weighted by atomic mass is 9.93. The molecule has 2 amide bonds. The number of nitrogens with zero attached hydrogens (tertiary/aromatic N) is 1. The van der Waals surface area contributed by atoms with Crippen molar-refractivity contribution in [2.75, 3.05) is 19.6 Å². The van der Waals surface area contributed by atoms with Crippen LogP contribution >= 0.6 is 0 Å². The van der Waals surface area contributed by atoms with Crippen molar-refractivity contribution in [3.8, 4) is 0 Å². The monoisotopic (exact) mass is 267 g/mol. The SMILES string of the molecule is NC(=O)CCC1CCCN(C(=O)CC2CCCN2)C1. The van der Waals surface area contributed by atoms with E-state index in [9.17, 15) is 9.59 Å². The van der Waals surface area contributed by atoms with Gasteiger partial charge in [-0.3, -0.25) is 9.59 Å². The molecule has 3 N–H and O–H groups in total. The zero-order chi connectivity index (χ0) is 13.7. The van der Waals surface area contributed by atoms with Gasteiger partial charge in [0, 0.05) is 32.0 Å². The van der Waals surface area contributed by atoms with Gasteiger partial charge in [0.2, 0.25) is 11.8 Å². The molecular formula is C14H25N3O2. The number of hydrogen-bond acceptors (Lipinski definition) is 3. The van der Waals surface area contributed by atoms with Crippen molar-refractivity contribution in [3.05, 3.63) is 0 Å². The summed E-state index contributed by atoms with van der Waals surface area (Å²) in [5, 5.41) is 3.37. The molecule has 0 bridgehead atoms. The number of rotatable bonds is 5. The van der Waals surface area contributed by atoms with E-state index < -0.39 is 0 Å². The highest BCUT2D eigenvalue weighted by Crippen LogP contribution is 2.22. The lowest BCUT2D eigenvalue weighted by Gasteiger charge is -2.33. The molecule has 0 aromatic rings. The van der Waals surface area contributed by atoms with Crippen molar-refractivity contribution in [1.29, 1.82) is 0 Å². The summed E-state index contributed by atoms with van der Waals surface area (Å²) < 4.78 is 0. The van der Waals surface area contributed by atoms with Crippen LogP contribution in [0, 0.1) is 5.92 Å². The molecule has 2 aliphatic rings. The molecule has 2 rings (SSSR count). The average Bonchev–Trinajstić information content (AvgIpc) is 2.89. The van der Waals surface area contributed by atoms with Gasteiger partial charge < -0.3 is 16.0 Å². The third kappa shape index (κ3) is 4.49. The molecule has 5 heteroatoms. The van der Waals surface area contributed by atoms with E-state index in [1.165, 1.54) is 6.42 Å². The Hall–Kier alpha value is -1.10. The number of primary amides is 1. The summed E-state index contributed by atoms with van der Waals surface area (Å²) in [7, 11) is 0. The maximum absolute atomic E-state index is 12.2. The summed E-state index contributed by atoms with van der Waals surface area (Å²) in [6.07, 6.45) is 6.34. The fourth-order valence-electron chi connectivity index (χ4n) is 3.14. The number of likely N-dealkylation sites (tertiary alicyclic amines) is 1. The molecule has 19 heavy (non-hydrogen) atoms. The van der Waals surface area contributed by atoms with Crippen molar-refractivity contribution in [2.24, 2.45) is 11.7 Å². The first kappa shape index (κ1) is 14.3. The molecule has 108 valence electrons. The number of piperidine rings is 1. The quantitative estimate of drug-likeness (QED) is 0.767. The first-order valence-electron chi connectivity index (χ1n) is 7.44. The smallest absolute Gasteiger partial charge is 0.224 e. The Morgan fingerprint density at radius 1 is 1.26 bits per heavy atom. The lowest BCUT2D eigenvalue weighted by Crippen LogP contribution is -2.42. The molecule has 0 aromatic heterocycles. The summed E-state index contributed by atoms with van der Waals surface area (Å²) in [6.45, 7) is 2.72. The number of carbonyl (C=O) groups is 2. The number of nitrogens with two attached hydrogens (primary N) is 1. The second-order valence-electron chi connectivity index (χ2n) is 5.85. The molecule has 2 aliphatic heterocycles. The largest absolute Gasteiger partial charge is 0.370 e. The van der Waals surface area contributed by atoms with Gasteiger partial charge in [-0.1, -0.05) is 0 Å². The van der Waals surface area contributed by atoms with E-state index >= 15 is 0 Å². The van der Waals surface area contributed by atoms with Crippen LogP contribution in [0.2, 0.25) is 0 Å². The van der Waals surface area contributed by atoms with Gasteiger partial charge in [-0.2, -0.15) is 0 Å². The number of amides is 2. The molecule has 2 unspecified atom stereocenters. The molecule has 0 radical (unpaired) electrons. The van der Waals surface area contributed by atoms with Crippen LogP contribution in [0.1, 0.15) is 44.9 Å². The predicted molar refractivity (Wildman–Crippen MR) is 73.4 cm³/mol. The number of hydrogen-bond donors (Lipinski definition) is 2. The van der Waals surface area contributed by atoms with Crippen LogP contribution in [0.3, 0.4) is 0 Å². The van der Waals surface area contributed by atoms with E-state index in [0.717, 1.165) is 45.3 Å². The van der Waals surface area contributed by atoms with Crippen LogP contribution in [-0.4, -0.2) is 42.4 Å².